The molecule has 1 unspecified atom stereocenters. The van der Waals surface area contributed by atoms with Crippen LogP contribution in [-0.2, 0) is 0 Å². The molecule has 94 valence electrons. The van der Waals surface area contributed by atoms with E-state index in [0.717, 1.165) is 21.2 Å². The number of hydrogen-bond acceptors (Lipinski definition) is 2. The summed E-state index contributed by atoms with van der Waals surface area (Å²) in [5, 5.41) is 4.45. The SMILES string of the molecule is C#CC(C)(C)NC(C)c1cc2cc(Br)ccc2o1. The Morgan fingerprint density at radius 3 is 2.78 bits per heavy atom. The third-order valence-electron chi connectivity index (χ3n) is 2.86. The molecule has 1 aromatic carbocycles. The summed E-state index contributed by atoms with van der Waals surface area (Å²) in [6, 6.07) is 8.09. The molecule has 1 N–H and O–H groups in total. The summed E-state index contributed by atoms with van der Waals surface area (Å²) in [7, 11) is 0. The summed E-state index contributed by atoms with van der Waals surface area (Å²) >= 11 is 3.45. The molecular formula is C15H16BrNO. The Kier molecular flexibility index (Phi) is 3.52. The minimum Gasteiger partial charge on any atom is -0.459 e. The van der Waals surface area contributed by atoms with Crippen molar-refractivity contribution in [1.82, 2.24) is 5.32 Å². The van der Waals surface area contributed by atoms with Crippen molar-refractivity contribution in [1.29, 1.82) is 0 Å². The van der Waals surface area contributed by atoms with Crippen molar-refractivity contribution in [3.8, 4) is 12.3 Å². The molecule has 18 heavy (non-hydrogen) atoms. The standard InChI is InChI=1S/C15H16BrNO/c1-5-15(3,4)17-10(2)14-9-11-8-12(16)6-7-13(11)18-14/h1,6-10,17H,2-4H3. The number of fused-ring (bicyclic) bond motifs is 1. The lowest BCUT2D eigenvalue weighted by Gasteiger charge is -2.23. The van der Waals surface area contributed by atoms with Crippen molar-refractivity contribution in [2.24, 2.45) is 0 Å². The van der Waals surface area contributed by atoms with Gasteiger partial charge in [-0.2, -0.15) is 0 Å². The first-order valence-corrected chi connectivity index (χ1v) is 6.65. The smallest absolute Gasteiger partial charge is 0.134 e. The van der Waals surface area contributed by atoms with Gasteiger partial charge in [0, 0.05) is 9.86 Å². The van der Waals surface area contributed by atoms with E-state index in [0.29, 0.717) is 0 Å². The Labute approximate surface area is 116 Å². The summed E-state index contributed by atoms with van der Waals surface area (Å²) in [5.41, 5.74) is 0.541. The second-order valence-electron chi connectivity index (χ2n) is 4.97. The van der Waals surface area contributed by atoms with Crippen LogP contribution >= 0.6 is 15.9 Å². The number of halogens is 1. The van der Waals surface area contributed by atoms with Crippen LogP contribution in [0.5, 0.6) is 0 Å². The molecule has 1 heterocycles. The molecule has 0 saturated heterocycles. The molecule has 0 spiro atoms. The van der Waals surface area contributed by atoms with Crippen LogP contribution < -0.4 is 5.32 Å². The molecule has 0 aliphatic heterocycles. The van der Waals surface area contributed by atoms with Gasteiger partial charge in [-0.05, 0) is 45.0 Å². The molecule has 2 aromatic rings. The van der Waals surface area contributed by atoms with Crippen LogP contribution in [0.15, 0.2) is 33.2 Å². The average molecular weight is 306 g/mol. The van der Waals surface area contributed by atoms with E-state index in [1.54, 1.807) is 0 Å². The Morgan fingerprint density at radius 1 is 1.39 bits per heavy atom. The van der Waals surface area contributed by atoms with Crippen LogP contribution in [-0.4, -0.2) is 5.54 Å². The van der Waals surface area contributed by atoms with Crippen LogP contribution in [0.1, 0.15) is 32.6 Å². The van der Waals surface area contributed by atoms with E-state index in [2.05, 4.69) is 27.2 Å². The average Bonchev–Trinajstić information content (AvgIpc) is 2.71. The topological polar surface area (TPSA) is 25.2 Å². The Bertz CT molecular complexity index is 606. The number of hydrogen-bond donors (Lipinski definition) is 1. The van der Waals surface area contributed by atoms with E-state index >= 15 is 0 Å². The zero-order valence-electron chi connectivity index (χ0n) is 10.8. The third-order valence-corrected chi connectivity index (χ3v) is 3.36. The lowest BCUT2D eigenvalue weighted by molar-refractivity contribution is 0.381. The molecule has 0 radical (unpaired) electrons. The maximum Gasteiger partial charge on any atom is 0.134 e. The molecule has 2 nitrogen and oxygen atoms in total. The molecule has 0 aliphatic rings. The third kappa shape index (κ3) is 2.77. The summed E-state index contributed by atoms with van der Waals surface area (Å²) in [6.45, 7) is 6.00. The maximum atomic E-state index is 5.82. The van der Waals surface area contributed by atoms with E-state index in [9.17, 15) is 0 Å². The molecule has 1 atom stereocenters. The maximum absolute atomic E-state index is 5.82. The van der Waals surface area contributed by atoms with Gasteiger partial charge in [-0.1, -0.05) is 21.9 Å². The quantitative estimate of drug-likeness (QED) is 0.857. The molecule has 0 saturated carbocycles. The predicted octanol–water partition coefficient (Wildman–Crippen LogP) is 4.26. The van der Waals surface area contributed by atoms with Crippen molar-refractivity contribution < 1.29 is 4.42 Å². The fraction of sp³-hybridized carbons (Fsp3) is 0.333. The normalized spacial score (nSPS) is 13.5. The van der Waals surface area contributed by atoms with Crippen molar-refractivity contribution in [3.63, 3.8) is 0 Å². The van der Waals surface area contributed by atoms with Gasteiger partial charge in [0.1, 0.15) is 11.3 Å². The Morgan fingerprint density at radius 2 is 2.11 bits per heavy atom. The van der Waals surface area contributed by atoms with Gasteiger partial charge in [0.2, 0.25) is 0 Å². The van der Waals surface area contributed by atoms with Crippen molar-refractivity contribution in [2.45, 2.75) is 32.4 Å². The first kappa shape index (κ1) is 13.2. The van der Waals surface area contributed by atoms with Gasteiger partial charge in [-0.15, -0.1) is 6.42 Å². The molecule has 3 heteroatoms. The highest BCUT2D eigenvalue weighted by Crippen LogP contribution is 2.27. The second kappa shape index (κ2) is 4.79. The monoisotopic (exact) mass is 305 g/mol. The number of nitrogens with one attached hydrogen (secondary N) is 1. The largest absolute Gasteiger partial charge is 0.459 e. The Balaban J connectivity index is 2.29. The molecular weight excluding hydrogens is 290 g/mol. The lowest BCUT2D eigenvalue weighted by atomic mass is 10.0. The number of terminal acetylenes is 1. The lowest BCUT2D eigenvalue weighted by Crippen LogP contribution is -2.39. The van der Waals surface area contributed by atoms with Gasteiger partial charge in [0.25, 0.3) is 0 Å². The van der Waals surface area contributed by atoms with Crippen LogP contribution in [0, 0.1) is 12.3 Å². The Hall–Kier alpha value is -1.24. The van der Waals surface area contributed by atoms with E-state index in [1.807, 2.05) is 45.0 Å². The number of rotatable bonds is 3. The van der Waals surface area contributed by atoms with Crippen LogP contribution in [0.25, 0.3) is 11.0 Å². The highest BCUT2D eigenvalue weighted by molar-refractivity contribution is 9.10. The fourth-order valence-electron chi connectivity index (χ4n) is 1.90. The molecule has 1 aromatic heterocycles. The van der Waals surface area contributed by atoms with E-state index in [-0.39, 0.29) is 11.6 Å². The van der Waals surface area contributed by atoms with E-state index < -0.39 is 0 Å². The highest BCUT2D eigenvalue weighted by atomic mass is 79.9. The molecule has 0 bridgehead atoms. The van der Waals surface area contributed by atoms with Gasteiger partial charge in [-0.25, -0.2) is 0 Å². The zero-order valence-corrected chi connectivity index (χ0v) is 12.3. The van der Waals surface area contributed by atoms with Gasteiger partial charge in [-0.3, -0.25) is 5.32 Å². The van der Waals surface area contributed by atoms with Crippen LogP contribution in [0.2, 0.25) is 0 Å². The summed E-state index contributed by atoms with van der Waals surface area (Å²) in [6.07, 6.45) is 5.48. The fourth-order valence-corrected chi connectivity index (χ4v) is 2.28. The summed E-state index contributed by atoms with van der Waals surface area (Å²) < 4.78 is 6.87. The van der Waals surface area contributed by atoms with Gasteiger partial charge in [0.05, 0.1) is 11.6 Å². The molecule has 0 amide bonds. The summed E-state index contributed by atoms with van der Waals surface area (Å²) in [4.78, 5) is 0. The van der Waals surface area contributed by atoms with Crippen molar-refractivity contribution in [2.75, 3.05) is 0 Å². The van der Waals surface area contributed by atoms with Crippen molar-refractivity contribution in [3.05, 3.63) is 34.5 Å². The molecule has 0 fully saturated rings. The van der Waals surface area contributed by atoms with Gasteiger partial charge < -0.3 is 4.42 Å². The minimum absolute atomic E-state index is 0.0715. The summed E-state index contributed by atoms with van der Waals surface area (Å²) in [5.74, 6) is 3.62. The van der Waals surface area contributed by atoms with Crippen LogP contribution in [0.3, 0.4) is 0 Å². The molecule has 2 rings (SSSR count). The first-order valence-electron chi connectivity index (χ1n) is 5.86. The second-order valence-corrected chi connectivity index (χ2v) is 5.88. The van der Waals surface area contributed by atoms with Crippen LogP contribution in [0.4, 0.5) is 0 Å². The minimum atomic E-state index is -0.348. The van der Waals surface area contributed by atoms with E-state index in [4.69, 9.17) is 10.8 Å². The van der Waals surface area contributed by atoms with Gasteiger partial charge in [0.15, 0.2) is 0 Å². The highest BCUT2D eigenvalue weighted by Gasteiger charge is 2.20. The number of furan rings is 1. The number of benzene rings is 1. The van der Waals surface area contributed by atoms with Gasteiger partial charge >= 0.3 is 0 Å². The first-order chi connectivity index (χ1) is 8.41. The van der Waals surface area contributed by atoms with Crippen molar-refractivity contribution >= 4 is 26.9 Å². The molecule has 0 aliphatic carbocycles. The zero-order chi connectivity index (χ0) is 13.3. The predicted molar refractivity (Wildman–Crippen MR) is 78.4 cm³/mol. The van der Waals surface area contributed by atoms with E-state index in [1.165, 1.54) is 0 Å².